The Bertz CT molecular complexity index is 932. The highest BCUT2D eigenvalue weighted by Crippen LogP contribution is 2.39. The Morgan fingerprint density at radius 1 is 1.11 bits per heavy atom. The van der Waals surface area contributed by atoms with Crippen molar-refractivity contribution in [1.82, 2.24) is 19.4 Å². The first-order valence-corrected chi connectivity index (χ1v) is 10.8. The van der Waals surface area contributed by atoms with E-state index in [1.54, 1.807) is 29.2 Å². The second kappa shape index (κ2) is 7.09. The molecular formula is C19H24N4O3S. The van der Waals surface area contributed by atoms with Gasteiger partial charge in [-0.2, -0.15) is 9.40 Å². The van der Waals surface area contributed by atoms with Crippen LogP contribution in [-0.4, -0.2) is 59.9 Å². The van der Waals surface area contributed by atoms with Gasteiger partial charge in [0.25, 0.3) is 5.91 Å². The van der Waals surface area contributed by atoms with Crippen molar-refractivity contribution in [2.75, 3.05) is 26.2 Å². The third-order valence-electron chi connectivity index (χ3n) is 5.23. The standard InChI is InChI=1S/C19H24N4O3S/c1-14-3-7-16(8-4-14)27(25,26)23-10-2-9-22(11-12-23)19(24)18-13-17(20-21-18)15-5-6-15/h3-4,7-8,13,15H,2,5-6,9-12H2,1H3,(H,20,21). The molecule has 1 N–H and O–H groups in total. The molecule has 0 radical (unpaired) electrons. The Morgan fingerprint density at radius 2 is 1.85 bits per heavy atom. The second-order valence-electron chi connectivity index (χ2n) is 7.35. The zero-order valence-corrected chi connectivity index (χ0v) is 16.2. The predicted molar refractivity (Wildman–Crippen MR) is 101 cm³/mol. The van der Waals surface area contributed by atoms with Crippen molar-refractivity contribution in [3.05, 3.63) is 47.3 Å². The van der Waals surface area contributed by atoms with Crippen molar-refractivity contribution in [3.63, 3.8) is 0 Å². The number of amides is 1. The van der Waals surface area contributed by atoms with E-state index >= 15 is 0 Å². The molecule has 1 aliphatic heterocycles. The van der Waals surface area contributed by atoms with Crippen molar-refractivity contribution in [2.45, 2.75) is 37.0 Å². The van der Waals surface area contributed by atoms with Crippen LogP contribution < -0.4 is 0 Å². The monoisotopic (exact) mass is 388 g/mol. The van der Waals surface area contributed by atoms with Crippen LogP contribution in [-0.2, 0) is 10.0 Å². The van der Waals surface area contributed by atoms with E-state index in [0.717, 1.165) is 24.1 Å². The lowest BCUT2D eigenvalue weighted by molar-refractivity contribution is 0.0758. The van der Waals surface area contributed by atoms with E-state index in [1.165, 1.54) is 4.31 Å². The molecular weight excluding hydrogens is 364 g/mol. The van der Waals surface area contributed by atoms with Gasteiger partial charge in [0, 0.05) is 37.8 Å². The zero-order chi connectivity index (χ0) is 19.0. The molecule has 1 aromatic carbocycles. The third-order valence-corrected chi connectivity index (χ3v) is 7.15. The minimum atomic E-state index is -3.54. The number of aryl methyl sites for hydroxylation is 1. The molecule has 2 heterocycles. The summed E-state index contributed by atoms with van der Waals surface area (Å²) >= 11 is 0. The minimum Gasteiger partial charge on any atom is -0.336 e. The first-order chi connectivity index (χ1) is 12.9. The second-order valence-corrected chi connectivity index (χ2v) is 9.28. The summed E-state index contributed by atoms with van der Waals surface area (Å²) in [6.07, 6.45) is 2.90. The largest absolute Gasteiger partial charge is 0.336 e. The summed E-state index contributed by atoms with van der Waals surface area (Å²) in [4.78, 5) is 14.8. The average molecular weight is 388 g/mol. The summed E-state index contributed by atoms with van der Waals surface area (Å²) in [6.45, 7) is 3.53. The number of benzene rings is 1. The predicted octanol–water partition coefficient (Wildman–Crippen LogP) is 2.13. The number of nitrogens with one attached hydrogen (secondary N) is 1. The number of H-pyrrole nitrogens is 1. The van der Waals surface area contributed by atoms with Crippen LogP contribution >= 0.6 is 0 Å². The molecule has 27 heavy (non-hydrogen) atoms. The van der Waals surface area contributed by atoms with E-state index in [9.17, 15) is 13.2 Å². The van der Waals surface area contributed by atoms with E-state index in [2.05, 4.69) is 10.2 Å². The number of aromatic amines is 1. The molecule has 1 aliphatic carbocycles. The fourth-order valence-electron chi connectivity index (χ4n) is 3.41. The van der Waals surface area contributed by atoms with Crippen LogP contribution in [0.25, 0.3) is 0 Å². The zero-order valence-electron chi connectivity index (χ0n) is 15.4. The van der Waals surface area contributed by atoms with Crippen molar-refractivity contribution >= 4 is 15.9 Å². The Balaban J connectivity index is 1.45. The molecule has 2 fully saturated rings. The van der Waals surface area contributed by atoms with E-state index < -0.39 is 10.0 Å². The normalized spacial score (nSPS) is 19.1. The van der Waals surface area contributed by atoms with Crippen LogP contribution in [0.4, 0.5) is 0 Å². The lowest BCUT2D eigenvalue weighted by atomic mass is 10.2. The van der Waals surface area contributed by atoms with Crippen LogP contribution in [0.1, 0.15) is 46.9 Å². The average Bonchev–Trinajstić information content (AvgIpc) is 3.44. The summed E-state index contributed by atoms with van der Waals surface area (Å²) < 4.78 is 27.3. The Labute approximate surface area is 159 Å². The highest BCUT2D eigenvalue weighted by atomic mass is 32.2. The summed E-state index contributed by atoms with van der Waals surface area (Å²) in [5, 5.41) is 7.12. The van der Waals surface area contributed by atoms with Crippen LogP contribution in [0.15, 0.2) is 35.2 Å². The van der Waals surface area contributed by atoms with Gasteiger partial charge in [0.2, 0.25) is 10.0 Å². The molecule has 8 heteroatoms. The van der Waals surface area contributed by atoms with Gasteiger partial charge >= 0.3 is 0 Å². The Kier molecular flexibility index (Phi) is 4.77. The SMILES string of the molecule is Cc1ccc(S(=O)(=O)N2CCCN(C(=O)c3cc(C4CC4)[nH]n3)CC2)cc1. The summed E-state index contributed by atoms with van der Waals surface area (Å²) in [7, 11) is -3.54. The van der Waals surface area contributed by atoms with Crippen molar-refractivity contribution < 1.29 is 13.2 Å². The molecule has 7 nitrogen and oxygen atoms in total. The lowest BCUT2D eigenvalue weighted by Crippen LogP contribution is -2.37. The van der Waals surface area contributed by atoms with E-state index in [1.807, 2.05) is 13.0 Å². The molecule has 1 aromatic heterocycles. The Morgan fingerprint density at radius 3 is 2.56 bits per heavy atom. The van der Waals surface area contributed by atoms with E-state index in [4.69, 9.17) is 0 Å². The van der Waals surface area contributed by atoms with Crippen molar-refractivity contribution in [3.8, 4) is 0 Å². The van der Waals surface area contributed by atoms with Gasteiger partial charge in [0.05, 0.1) is 4.90 Å². The fourth-order valence-corrected chi connectivity index (χ4v) is 4.88. The molecule has 2 aliphatic rings. The first-order valence-electron chi connectivity index (χ1n) is 9.36. The number of carbonyl (C=O) groups excluding carboxylic acids is 1. The van der Waals surface area contributed by atoms with Gasteiger partial charge in [-0.25, -0.2) is 8.42 Å². The maximum absolute atomic E-state index is 12.9. The smallest absolute Gasteiger partial charge is 0.274 e. The first kappa shape index (κ1) is 18.2. The van der Waals surface area contributed by atoms with E-state index in [0.29, 0.717) is 49.1 Å². The van der Waals surface area contributed by atoms with Crippen LogP contribution in [0, 0.1) is 6.92 Å². The molecule has 0 unspecified atom stereocenters. The highest BCUT2D eigenvalue weighted by molar-refractivity contribution is 7.89. The maximum Gasteiger partial charge on any atom is 0.274 e. The quantitative estimate of drug-likeness (QED) is 0.869. The van der Waals surface area contributed by atoms with Gasteiger partial charge in [0.1, 0.15) is 5.69 Å². The minimum absolute atomic E-state index is 0.132. The number of nitrogens with zero attached hydrogens (tertiary/aromatic N) is 3. The lowest BCUT2D eigenvalue weighted by Gasteiger charge is -2.21. The summed E-state index contributed by atoms with van der Waals surface area (Å²) in [5.41, 5.74) is 2.47. The number of hydrogen-bond donors (Lipinski definition) is 1. The number of aromatic nitrogens is 2. The molecule has 0 atom stereocenters. The molecule has 2 aromatic rings. The molecule has 1 saturated heterocycles. The summed E-state index contributed by atoms with van der Waals surface area (Å²) in [5.74, 6) is 0.381. The Hall–Kier alpha value is -2.19. The van der Waals surface area contributed by atoms with Gasteiger partial charge in [-0.15, -0.1) is 0 Å². The number of sulfonamides is 1. The van der Waals surface area contributed by atoms with Crippen LogP contribution in [0.5, 0.6) is 0 Å². The van der Waals surface area contributed by atoms with Gasteiger partial charge in [-0.3, -0.25) is 9.89 Å². The van der Waals surface area contributed by atoms with Gasteiger partial charge in [-0.1, -0.05) is 17.7 Å². The number of rotatable bonds is 4. The van der Waals surface area contributed by atoms with Gasteiger partial charge in [-0.05, 0) is 44.4 Å². The van der Waals surface area contributed by atoms with Crippen LogP contribution in [0.2, 0.25) is 0 Å². The molecule has 1 saturated carbocycles. The molecule has 1 amide bonds. The number of carbonyl (C=O) groups is 1. The number of hydrogen-bond acceptors (Lipinski definition) is 4. The molecule has 0 spiro atoms. The van der Waals surface area contributed by atoms with Crippen LogP contribution in [0.3, 0.4) is 0 Å². The fraction of sp³-hybridized carbons (Fsp3) is 0.474. The summed E-state index contributed by atoms with van der Waals surface area (Å²) in [6, 6.07) is 8.72. The van der Waals surface area contributed by atoms with E-state index in [-0.39, 0.29) is 5.91 Å². The topological polar surface area (TPSA) is 86.4 Å². The third kappa shape index (κ3) is 3.77. The molecule has 144 valence electrons. The van der Waals surface area contributed by atoms with Crippen molar-refractivity contribution in [1.29, 1.82) is 0 Å². The van der Waals surface area contributed by atoms with Crippen molar-refractivity contribution in [2.24, 2.45) is 0 Å². The highest BCUT2D eigenvalue weighted by Gasteiger charge is 2.30. The molecule has 4 rings (SSSR count). The maximum atomic E-state index is 12.9. The molecule has 0 bridgehead atoms. The van der Waals surface area contributed by atoms with Gasteiger partial charge in [0.15, 0.2) is 0 Å². The van der Waals surface area contributed by atoms with Gasteiger partial charge < -0.3 is 4.90 Å².